The fourth-order valence-electron chi connectivity index (χ4n) is 2.87. The minimum atomic E-state index is -0.559. The Morgan fingerprint density at radius 1 is 1.19 bits per heavy atom. The number of aromatic nitrogens is 2. The van der Waals surface area contributed by atoms with E-state index < -0.39 is 6.04 Å². The topological polar surface area (TPSA) is 78.1 Å². The summed E-state index contributed by atoms with van der Waals surface area (Å²) in [5.74, 6) is -0.365. The highest BCUT2D eigenvalue weighted by atomic mass is 16.2. The van der Waals surface area contributed by atoms with Crippen molar-refractivity contribution in [2.24, 2.45) is 0 Å². The van der Waals surface area contributed by atoms with Gasteiger partial charge >= 0.3 is 0 Å². The van der Waals surface area contributed by atoms with Gasteiger partial charge in [-0.2, -0.15) is 5.10 Å². The number of amides is 2. The Morgan fingerprint density at radius 3 is 2.69 bits per heavy atom. The van der Waals surface area contributed by atoms with Gasteiger partial charge < -0.3 is 10.2 Å². The maximum atomic E-state index is 12.7. The van der Waals surface area contributed by atoms with Gasteiger partial charge in [-0.05, 0) is 30.2 Å². The van der Waals surface area contributed by atoms with Crippen molar-refractivity contribution in [3.05, 3.63) is 65.9 Å². The average molecular weight is 350 g/mol. The average Bonchev–Trinajstić information content (AvgIpc) is 3.14. The molecule has 0 spiro atoms. The molecule has 0 aliphatic heterocycles. The van der Waals surface area contributed by atoms with Gasteiger partial charge in [-0.1, -0.05) is 37.3 Å². The van der Waals surface area contributed by atoms with Crippen LogP contribution < -0.4 is 5.32 Å². The predicted molar refractivity (Wildman–Crippen MR) is 101 cm³/mol. The third-order valence-corrected chi connectivity index (χ3v) is 4.35. The van der Waals surface area contributed by atoms with Crippen LogP contribution in [0.4, 0.5) is 0 Å². The number of nitrogens with zero attached hydrogens (tertiary/aromatic N) is 2. The molecular weight excluding hydrogens is 328 g/mol. The Kier molecular flexibility index (Phi) is 5.31. The highest BCUT2D eigenvalue weighted by Gasteiger charge is 2.23. The molecule has 6 heteroatoms. The second kappa shape index (κ2) is 7.82. The SMILES string of the molecule is CC[C@@H](NC(=O)c1ccc2[nH]ncc2c1)C(=O)N(C)Cc1ccccc1. The lowest BCUT2D eigenvalue weighted by atomic mass is 10.1. The number of aromatic amines is 1. The molecule has 1 heterocycles. The first-order valence-corrected chi connectivity index (χ1v) is 8.61. The van der Waals surface area contributed by atoms with Gasteiger partial charge in [0.05, 0.1) is 11.7 Å². The number of benzene rings is 2. The van der Waals surface area contributed by atoms with E-state index in [0.717, 1.165) is 16.5 Å². The molecule has 0 aliphatic rings. The molecule has 0 radical (unpaired) electrons. The Bertz CT molecular complexity index is 904. The molecule has 0 saturated heterocycles. The number of likely N-dealkylation sites (N-methyl/N-ethyl adjacent to an activating group) is 1. The van der Waals surface area contributed by atoms with Crippen LogP contribution in [-0.4, -0.2) is 40.0 Å². The van der Waals surface area contributed by atoms with E-state index in [9.17, 15) is 9.59 Å². The number of H-pyrrole nitrogens is 1. The standard InChI is InChI=1S/C20H22N4O2/c1-3-17(20(26)24(2)13-14-7-5-4-6-8-14)22-19(25)15-9-10-18-16(11-15)12-21-23-18/h4-12,17H,3,13H2,1-2H3,(H,21,23)(H,22,25)/t17-/m1/s1. The number of fused-ring (bicyclic) bond motifs is 1. The molecule has 0 bridgehead atoms. The van der Waals surface area contributed by atoms with Crippen molar-refractivity contribution >= 4 is 22.7 Å². The Hall–Kier alpha value is -3.15. The van der Waals surface area contributed by atoms with E-state index in [2.05, 4.69) is 15.5 Å². The molecule has 1 aromatic heterocycles. The summed E-state index contributed by atoms with van der Waals surface area (Å²) in [6.45, 7) is 2.39. The molecule has 2 aromatic carbocycles. The molecule has 134 valence electrons. The maximum absolute atomic E-state index is 12.7. The predicted octanol–water partition coefficient (Wildman–Crippen LogP) is 2.73. The van der Waals surface area contributed by atoms with E-state index >= 15 is 0 Å². The summed E-state index contributed by atoms with van der Waals surface area (Å²) in [6, 6.07) is 14.5. The zero-order valence-electron chi connectivity index (χ0n) is 14.9. The molecule has 0 unspecified atom stereocenters. The molecule has 26 heavy (non-hydrogen) atoms. The largest absolute Gasteiger partial charge is 0.340 e. The summed E-state index contributed by atoms with van der Waals surface area (Å²) in [5, 5.41) is 10.5. The van der Waals surface area contributed by atoms with Crippen LogP contribution in [0, 0.1) is 0 Å². The Morgan fingerprint density at radius 2 is 1.96 bits per heavy atom. The number of nitrogens with one attached hydrogen (secondary N) is 2. The summed E-state index contributed by atoms with van der Waals surface area (Å²) < 4.78 is 0. The monoisotopic (exact) mass is 350 g/mol. The van der Waals surface area contributed by atoms with Crippen molar-refractivity contribution in [1.29, 1.82) is 0 Å². The molecule has 0 saturated carbocycles. The Balaban J connectivity index is 1.67. The van der Waals surface area contributed by atoms with Crippen molar-refractivity contribution in [3.63, 3.8) is 0 Å². The van der Waals surface area contributed by atoms with Crippen molar-refractivity contribution in [1.82, 2.24) is 20.4 Å². The molecule has 0 aliphatic carbocycles. The van der Waals surface area contributed by atoms with E-state index in [0.29, 0.717) is 18.5 Å². The molecule has 6 nitrogen and oxygen atoms in total. The minimum absolute atomic E-state index is 0.103. The van der Waals surface area contributed by atoms with E-state index in [4.69, 9.17) is 0 Å². The molecule has 0 fully saturated rings. The fourth-order valence-corrected chi connectivity index (χ4v) is 2.87. The third-order valence-electron chi connectivity index (χ3n) is 4.35. The van der Waals surface area contributed by atoms with Crippen LogP contribution in [-0.2, 0) is 11.3 Å². The minimum Gasteiger partial charge on any atom is -0.340 e. The number of hydrogen-bond donors (Lipinski definition) is 2. The van der Waals surface area contributed by atoms with Crippen LogP contribution in [0.25, 0.3) is 10.9 Å². The van der Waals surface area contributed by atoms with Crippen LogP contribution >= 0.6 is 0 Å². The normalized spacial score (nSPS) is 11.9. The molecule has 2 N–H and O–H groups in total. The van der Waals surface area contributed by atoms with Crippen molar-refractivity contribution in [3.8, 4) is 0 Å². The highest BCUT2D eigenvalue weighted by Crippen LogP contribution is 2.13. The van der Waals surface area contributed by atoms with E-state index in [1.165, 1.54) is 0 Å². The summed E-state index contributed by atoms with van der Waals surface area (Å²) in [7, 11) is 1.75. The van der Waals surface area contributed by atoms with Gasteiger partial charge in [0.15, 0.2) is 0 Å². The third kappa shape index (κ3) is 3.91. The number of hydrogen-bond acceptors (Lipinski definition) is 3. The zero-order chi connectivity index (χ0) is 18.5. The first-order valence-electron chi connectivity index (χ1n) is 8.61. The van der Waals surface area contributed by atoms with Gasteiger partial charge in [0.2, 0.25) is 5.91 Å². The van der Waals surface area contributed by atoms with Crippen molar-refractivity contribution in [2.45, 2.75) is 25.9 Å². The molecule has 3 rings (SSSR count). The summed E-state index contributed by atoms with van der Waals surface area (Å²) >= 11 is 0. The highest BCUT2D eigenvalue weighted by molar-refractivity contribution is 6.00. The van der Waals surface area contributed by atoms with Crippen LogP contribution in [0.1, 0.15) is 29.3 Å². The fraction of sp³-hybridized carbons (Fsp3) is 0.250. The first-order chi connectivity index (χ1) is 12.6. The van der Waals surface area contributed by atoms with Gasteiger partial charge in [-0.15, -0.1) is 0 Å². The lowest BCUT2D eigenvalue weighted by Crippen LogP contribution is -2.46. The summed E-state index contributed by atoms with van der Waals surface area (Å²) in [4.78, 5) is 26.9. The molecular formula is C20H22N4O2. The van der Waals surface area contributed by atoms with E-state index in [1.807, 2.05) is 43.3 Å². The Labute approximate surface area is 152 Å². The van der Waals surface area contributed by atoms with Crippen LogP contribution in [0.3, 0.4) is 0 Å². The summed E-state index contributed by atoms with van der Waals surface area (Å²) in [6.07, 6.45) is 2.19. The lowest BCUT2D eigenvalue weighted by Gasteiger charge is -2.24. The van der Waals surface area contributed by atoms with Crippen LogP contribution in [0.5, 0.6) is 0 Å². The number of carbonyl (C=O) groups excluding carboxylic acids is 2. The lowest BCUT2D eigenvalue weighted by molar-refractivity contribution is -0.132. The maximum Gasteiger partial charge on any atom is 0.251 e. The van der Waals surface area contributed by atoms with Crippen LogP contribution in [0.15, 0.2) is 54.7 Å². The van der Waals surface area contributed by atoms with Gasteiger partial charge in [0.1, 0.15) is 6.04 Å². The number of carbonyl (C=O) groups is 2. The van der Waals surface area contributed by atoms with E-state index in [1.54, 1.807) is 30.3 Å². The van der Waals surface area contributed by atoms with Gasteiger partial charge in [-0.25, -0.2) is 0 Å². The number of rotatable bonds is 6. The first kappa shape index (κ1) is 17.7. The zero-order valence-corrected chi connectivity index (χ0v) is 14.9. The second-order valence-corrected chi connectivity index (χ2v) is 6.29. The van der Waals surface area contributed by atoms with Gasteiger partial charge in [0.25, 0.3) is 5.91 Å². The molecule has 3 aromatic rings. The van der Waals surface area contributed by atoms with Crippen LogP contribution in [0.2, 0.25) is 0 Å². The van der Waals surface area contributed by atoms with Gasteiger partial charge in [0, 0.05) is 24.5 Å². The van der Waals surface area contributed by atoms with Gasteiger partial charge in [-0.3, -0.25) is 14.7 Å². The molecule has 1 atom stereocenters. The molecule has 2 amide bonds. The smallest absolute Gasteiger partial charge is 0.251 e. The van der Waals surface area contributed by atoms with Crippen molar-refractivity contribution < 1.29 is 9.59 Å². The van der Waals surface area contributed by atoms with Crippen molar-refractivity contribution in [2.75, 3.05) is 7.05 Å². The van der Waals surface area contributed by atoms with E-state index in [-0.39, 0.29) is 11.8 Å². The summed E-state index contributed by atoms with van der Waals surface area (Å²) in [5.41, 5.74) is 2.43. The quantitative estimate of drug-likeness (QED) is 0.717. The second-order valence-electron chi connectivity index (χ2n) is 6.29.